The molecule has 2 heterocycles. The molecule has 0 spiro atoms. The van der Waals surface area contributed by atoms with Crippen LogP contribution in [0.2, 0.25) is 0 Å². The molecule has 4 rings (SSSR count). The summed E-state index contributed by atoms with van der Waals surface area (Å²) in [4.78, 5) is 17.7. The quantitative estimate of drug-likeness (QED) is 0.566. The van der Waals surface area contributed by atoms with Gasteiger partial charge in [0.05, 0.1) is 15.9 Å². The van der Waals surface area contributed by atoms with Gasteiger partial charge in [-0.1, -0.05) is 0 Å². The number of halogens is 6. The zero-order valence-electron chi connectivity index (χ0n) is 17.7. The highest BCUT2D eigenvalue weighted by atomic mass is 32.2. The molecule has 0 radical (unpaired) electrons. The molecule has 7 nitrogen and oxygen atoms in total. The molecule has 186 valence electrons. The number of aromatic nitrogens is 1. The van der Waals surface area contributed by atoms with E-state index in [1.165, 1.54) is 4.90 Å². The number of amides is 1. The summed E-state index contributed by atoms with van der Waals surface area (Å²) in [5.41, 5.74) is -2.54. The minimum atomic E-state index is -4.74. The van der Waals surface area contributed by atoms with Gasteiger partial charge in [-0.2, -0.15) is 26.3 Å². The first-order valence-corrected chi connectivity index (χ1v) is 11.8. The number of hydrogen-bond acceptors (Lipinski definition) is 6. The predicted molar refractivity (Wildman–Crippen MR) is 103 cm³/mol. The number of alkyl halides is 6. The summed E-state index contributed by atoms with van der Waals surface area (Å²) in [5.74, 6) is -1.71. The van der Waals surface area contributed by atoms with E-state index in [2.05, 4.69) is 4.98 Å². The maximum absolute atomic E-state index is 13.2. The highest BCUT2D eigenvalue weighted by Gasteiger charge is 2.65. The van der Waals surface area contributed by atoms with E-state index in [9.17, 15) is 39.6 Å². The Labute approximate surface area is 189 Å². The maximum atomic E-state index is 13.2. The molecule has 2 aliphatic rings. The van der Waals surface area contributed by atoms with Crippen molar-refractivity contribution >= 4 is 15.7 Å². The summed E-state index contributed by atoms with van der Waals surface area (Å²) in [7, 11) is -3.80. The average Bonchev–Trinajstić information content (AvgIpc) is 3.07. The number of likely N-dealkylation sites (tertiary alicyclic amines) is 1. The molecule has 1 saturated carbocycles. The Bertz CT molecular complexity index is 1240. The molecule has 2 unspecified atom stereocenters. The third-order valence-corrected chi connectivity index (χ3v) is 7.14. The van der Waals surface area contributed by atoms with Crippen molar-refractivity contribution in [2.75, 3.05) is 19.3 Å². The smallest absolute Gasteiger partial charge is 0.436 e. The van der Waals surface area contributed by atoms with Crippen LogP contribution in [-0.4, -0.2) is 55.8 Å². The third-order valence-electron chi connectivity index (χ3n) is 6.03. The highest BCUT2D eigenvalue weighted by molar-refractivity contribution is 7.90. The second kappa shape index (κ2) is 7.62. The van der Waals surface area contributed by atoms with E-state index in [-0.39, 0.29) is 29.8 Å². The van der Waals surface area contributed by atoms with Gasteiger partial charge < -0.3 is 14.1 Å². The topological polar surface area (TPSA) is 89.7 Å². The molecule has 2 fully saturated rings. The fourth-order valence-electron chi connectivity index (χ4n) is 4.04. The largest absolute Gasteiger partial charge is 0.480 e. The molecule has 0 bridgehead atoms. The summed E-state index contributed by atoms with van der Waals surface area (Å²) < 4.78 is 112. The predicted octanol–water partition coefficient (Wildman–Crippen LogP) is 3.84. The van der Waals surface area contributed by atoms with E-state index >= 15 is 0 Å². The molecule has 1 aromatic carbocycles. The van der Waals surface area contributed by atoms with Crippen LogP contribution in [0.5, 0.6) is 5.75 Å². The second-order valence-corrected chi connectivity index (χ2v) is 10.5. The molecule has 1 amide bonds. The average molecular weight is 512 g/mol. The second-order valence-electron chi connectivity index (χ2n) is 8.51. The van der Waals surface area contributed by atoms with Crippen molar-refractivity contribution in [3.63, 3.8) is 0 Å². The van der Waals surface area contributed by atoms with Gasteiger partial charge in [0.15, 0.2) is 21.6 Å². The lowest BCUT2D eigenvalue weighted by atomic mass is 10.1. The standard InChI is InChI=1S/C20H18F6N2O5S/c1-10(19(21,22)23)33-14-4-3-12(34(2,30)31)5-13(14)16(29)28-7-11-6-18(11,9-28)17-27-15(8-32-17)20(24,25)26/h3-5,8,10-11H,6-7,9H2,1-2H3/t10-,11?,18?/m1/s1. The van der Waals surface area contributed by atoms with E-state index in [0.29, 0.717) is 12.7 Å². The Morgan fingerprint density at radius 1 is 1.26 bits per heavy atom. The van der Waals surface area contributed by atoms with Gasteiger partial charge in [-0.15, -0.1) is 0 Å². The number of nitrogens with zero attached hydrogens (tertiary/aromatic N) is 2. The third kappa shape index (κ3) is 4.34. The maximum Gasteiger partial charge on any atom is 0.436 e. The number of benzene rings is 1. The van der Waals surface area contributed by atoms with Crippen molar-refractivity contribution in [2.24, 2.45) is 5.92 Å². The number of rotatable bonds is 5. The van der Waals surface area contributed by atoms with Crippen LogP contribution in [0.4, 0.5) is 26.3 Å². The number of carbonyl (C=O) groups is 1. The molecule has 0 N–H and O–H groups in total. The van der Waals surface area contributed by atoms with Crippen LogP contribution in [-0.2, 0) is 21.4 Å². The summed E-state index contributed by atoms with van der Waals surface area (Å²) in [6.45, 7) is 0.727. The van der Waals surface area contributed by atoms with Crippen molar-refractivity contribution in [3.8, 4) is 5.75 Å². The van der Waals surface area contributed by atoms with Crippen molar-refractivity contribution in [2.45, 2.75) is 42.1 Å². The Kier molecular flexibility index (Phi) is 5.46. The van der Waals surface area contributed by atoms with Crippen molar-refractivity contribution in [1.29, 1.82) is 0 Å². The number of sulfone groups is 1. The zero-order valence-corrected chi connectivity index (χ0v) is 18.5. The molecule has 3 atom stereocenters. The molecular formula is C20H18F6N2O5S. The summed E-state index contributed by atoms with van der Waals surface area (Å²) in [5, 5.41) is 0. The van der Waals surface area contributed by atoms with Gasteiger partial charge in [0, 0.05) is 19.3 Å². The first-order valence-electron chi connectivity index (χ1n) is 9.92. The lowest BCUT2D eigenvalue weighted by Gasteiger charge is -2.24. The van der Waals surface area contributed by atoms with Crippen LogP contribution in [0.3, 0.4) is 0 Å². The van der Waals surface area contributed by atoms with Crippen LogP contribution in [0, 0.1) is 5.92 Å². The minimum absolute atomic E-state index is 0.0833. The monoisotopic (exact) mass is 512 g/mol. The Morgan fingerprint density at radius 2 is 1.94 bits per heavy atom. The van der Waals surface area contributed by atoms with Gasteiger partial charge in [0.25, 0.3) is 5.91 Å². The Balaban J connectivity index is 1.63. The van der Waals surface area contributed by atoms with Crippen LogP contribution in [0.25, 0.3) is 0 Å². The number of oxazole rings is 1. The SMILES string of the molecule is C[C@@H](Oc1ccc(S(C)(=O)=O)cc1C(=O)N1CC2CC2(c2nc(C(F)(F)F)co2)C1)C(F)(F)F. The minimum Gasteiger partial charge on any atom is -0.480 e. The van der Waals surface area contributed by atoms with Gasteiger partial charge in [0.2, 0.25) is 5.89 Å². The van der Waals surface area contributed by atoms with Gasteiger partial charge >= 0.3 is 12.4 Å². The zero-order chi connectivity index (χ0) is 25.3. The molecule has 1 aliphatic carbocycles. The van der Waals surface area contributed by atoms with Gasteiger partial charge in [0.1, 0.15) is 12.0 Å². The number of hydrogen-bond donors (Lipinski definition) is 0. The Morgan fingerprint density at radius 3 is 2.50 bits per heavy atom. The van der Waals surface area contributed by atoms with E-state index in [0.717, 1.165) is 31.4 Å². The molecular weight excluding hydrogens is 494 g/mol. The Hall–Kier alpha value is -2.77. The summed E-state index contributed by atoms with van der Waals surface area (Å²) >= 11 is 0. The van der Waals surface area contributed by atoms with Gasteiger partial charge in [-0.25, -0.2) is 13.4 Å². The van der Waals surface area contributed by atoms with E-state index < -0.39 is 56.6 Å². The number of fused-ring (bicyclic) bond motifs is 1. The van der Waals surface area contributed by atoms with Crippen molar-refractivity contribution in [3.05, 3.63) is 41.6 Å². The number of ether oxygens (including phenoxy) is 1. The van der Waals surface area contributed by atoms with Crippen LogP contribution in [0.15, 0.2) is 33.8 Å². The van der Waals surface area contributed by atoms with Crippen molar-refractivity contribution in [1.82, 2.24) is 9.88 Å². The fourth-order valence-corrected chi connectivity index (χ4v) is 4.69. The van der Waals surface area contributed by atoms with Gasteiger partial charge in [-0.3, -0.25) is 4.79 Å². The molecule has 34 heavy (non-hydrogen) atoms. The fraction of sp³-hybridized carbons (Fsp3) is 0.500. The van der Waals surface area contributed by atoms with Crippen molar-refractivity contribution < 1.29 is 48.7 Å². The first-order chi connectivity index (χ1) is 15.5. The normalized spacial score (nSPS) is 23.5. The van der Waals surface area contributed by atoms with Gasteiger partial charge in [-0.05, 0) is 37.5 Å². The number of carbonyl (C=O) groups excluding carboxylic acids is 1. The summed E-state index contributed by atoms with van der Waals surface area (Å²) in [6, 6.07) is 2.93. The molecule has 1 saturated heterocycles. The van der Waals surface area contributed by atoms with E-state index in [1.54, 1.807) is 0 Å². The lowest BCUT2D eigenvalue weighted by molar-refractivity contribution is -0.189. The highest BCUT2D eigenvalue weighted by Crippen LogP contribution is 2.59. The van der Waals surface area contributed by atoms with E-state index in [1.807, 2.05) is 0 Å². The molecule has 1 aromatic heterocycles. The van der Waals surface area contributed by atoms with Crippen LogP contribution in [0.1, 0.15) is 35.3 Å². The van der Waals surface area contributed by atoms with Crippen LogP contribution >= 0.6 is 0 Å². The summed E-state index contributed by atoms with van der Waals surface area (Å²) in [6.07, 6.45) is -9.94. The van der Waals surface area contributed by atoms with E-state index in [4.69, 9.17) is 9.15 Å². The number of piperidine rings is 1. The molecule has 1 aliphatic heterocycles. The first kappa shape index (κ1) is 24.4. The molecule has 2 aromatic rings. The van der Waals surface area contributed by atoms with Crippen LogP contribution < -0.4 is 4.74 Å². The molecule has 14 heteroatoms. The lowest BCUT2D eigenvalue weighted by Crippen LogP contribution is -2.35.